The van der Waals surface area contributed by atoms with Gasteiger partial charge in [-0.15, -0.1) is 0 Å². The van der Waals surface area contributed by atoms with E-state index in [9.17, 15) is 14.7 Å². The molecule has 0 saturated carbocycles. The van der Waals surface area contributed by atoms with Crippen molar-refractivity contribution >= 4 is 33.4 Å². The monoisotopic (exact) mass is 432 g/mol. The Morgan fingerprint density at radius 2 is 1.33 bits per heavy atom. The van der Waals surface area contributed by atoms with Crippen LogP contribution < -0.4 is 5.32 Å². The van der Waals surface area contributed by atoms with E-state index < -0.39 is 5.97 Å². The lowest BCUT2D eigenvalue weighted by molar-refractivity contribution is 0.0697. The lowest BCUT2D eigenvalue weighted by Crippen LogP contribution is -2.23. The van der Waals surface area contributed by atoms with Gasteiger partial charge in [-0.2, -0.15) is 0 Å². The van der Waals surface area contributed by atoms with E-state index in [4.69, 9.17) is 0 Å². The van der Waals surface area contributed by atoms with E-state index in [2.05, 4.69) is 10.3 Å². The molecular weight excluding hydrogens is 412 g/mol. The zero-order valence-electron chi connectivity index (χ0n) is 17.7. The summed E-state index contributed by atoms with van der Waals surface area (Å²) >= 11 is 0. The molecule has 0 atom stereocenters. The molecule has 0 fully saturated rings. The molecule has 33 heavy (non-hydrogen) atoms. The van der Waals surface area contributed by atoms with Crippen molar-refractivity contribution in [2.45, 2.75) is 6.54 Å². The zero-order valence-corrected chi connectivity index (χ0v) is 17.7. The molecule has 160 valence electrons. The number of amides is 1. The van der Waals surface area contributed by atoms with E-state index in [0.717, 1.165) is 27.1 Å². The van der Waals surface area contributed by atoms with Gasteiger partial charge in [-0.25, -0.2) is 4.79 Å². The standard InChI is InChI=1S/C28H20N2O3/c31-27(30-17-18-6-5-15-29-16-18)23-13-11-19-7-1-3-9-21(19)25(23)26-22-10-4-2-8-20(22)12-14-24(26)28(32)33/h1-16H,17H2,(H,30,31)(H,32,33). The van der Waals surface area contributed by atoms with E-state index >= 15 is 0 Å². The van der Waals surface area contributed by atoms with Crippen molar-refractivity contribution < 1.29 is 14.7 Å². The maximum absolute atomic E-state index is 13.4. The summed E-state index contributed by atoms with van der Waals surface area (Å²) in [5.41, 5.74) is 2.63. The number of benzene rings is 4. The van der Waals surface area contributed by atoms with Gasteiger partial charge < -0.3 is 10.4 Å². The average Bonchev–Trinajstić information content (AvgIpc) is 2.86. The maximum atomic E-state index is 13.4. The number of fused-ring (bicyclic) bond motifs is 2. The van der Waals surface area contributed by atoms with Gasteiger partial charge in [-0.05, 0) is 45.3 Å². The van der Waals surface area contributed by atoms with Crippen molar-refractivity contribution in [1.29, 1.82) is 0 Å². The zero-order chi connectivity index (χ0) is 22.8. The molecule has 5 aromatic rings. The molecule has 0 aliphatic carbocycles. The minimum absolute atomic E-state index is 0.159. The molecule has 0 aliphatic heterocycles. The van der Waals surface area contributed by atoms with Crippen LogP contribution in [-0.4, -0.2) is 22.0 Å². The second-order valence-electron chi connectivity index (χ2n) is 7.77. The van der Waals surface area contributed by atoms with Gasteiger partial charge in [0.2, 0.25) is 0 Å². The van der Waals surface area contributed by atoms with Gasteiger partial charge in [-0.1, -0.05) is 66.7 Å². The van der Waals surface area contributed by atoms with E-state index in [1.807, 2.05) is 66.7 Å². The van der Waals surface area contributed by atoms with Crippen LogP contribution in [0.3, 0.4) is 0 Å². The number of carbonyl (C=O) groups excluding carboxylic acids is 1. The molecule has 1 amide bonds. The molecule has 0 aliphatic rings. The van der Waals surface area contributed by atoms with Gasteiger partial charge in [0, 0.05) is 35.6 Å². The number of aromatic carboxylic acids is 1. The number of nitrogens with one attached hydrogen (secondary N) is 1. The van der Waals surface area contributed by atoms with Gasteiger partial charge in [0.25, 0.3) is 5.91 Å². The number of carboxylic acid groups (broad SMARTS) is 1. The summed E-state index contributed by atoms with van der Waals surface area (Å²) in [4.78, 5) is 29.7. The predicted molar refractivity (Wildman–Crippen MR) is 129 cm³/mol. The van der Waals surface area contributed by atoms with Gasteiger partial charge in [-0.3, -0.25) is 9.78 Å². The molecule has 4 aromatic carbocycles. The highest BCUT2D eigenvalue weighted by molar-refractivity contribution is 6.18. The number of carbonyl (C=O) groups is 2. The third-order valence-corrected chi connectivity index (χ3v) is 5.76. The first-order valence-corrected chi connectivity index (χ1v) is 10.6. The summed E-state index contributed by atoms with van der Waals surface area (Å²) in [6, 6.07) is 26.1. The quantitative estimate of drug-likeness (QED) is 0.374. The van der Waals surface area contributed by atoms with E-state index in [0.29, 0.717) is 23.2 Å². The summed E-state index contributed by atoms with van der Waals surface area (Å²) in [6.45, 7) is 0.320. The lowest BCUT2D eigenvalue weighted by atomic mass is 9.87. The Kier molecular flexibility index (Phi) is 5.29. The highest BCUT2D eigenvalue weighted by atomic mass is 16.4. The largest absolute Gasteiger partial charge is 0.478 e. The number of nitrogens with zero attached hydrogens (tertiary/aromatic N) is 1. The Bertz CT molecular complexity index is 1510. The normalized spacial score (nSPS) is 10.9. The van der Waals surface area contributed by atoms with Crippen LogP contribution in [0, 0.1) is 0 Å². The second kappa shape index (κ2) is 8.55. The van der Waals surface area contributed by atoms with Crippen LogP contribution in [-0.2, 0) is 6.54 Å². The Morgan fingerprint density at radius 3 is 1.94 bits per heavy atom. The van der Waals surface area contributed by atoms with E-state index in [1.165, 1.54) is 0 Å². The summed E-state index contributed by atoms with van der Waals surface area (Å²) in [6.07, 6.45) is 3.38. The fourth-order valence-corrected chi connectivity index (χ4v) is 4.23. The number of pyridine rings is 1. The fourth-order valence-electron chi connectivity index (χ4n) is 4.23. The Morgan fingerprint density at radius 1 is 0.727 bits per heavy atom. The van der Waals surface area contributed by atoms with Crippen LogP contribution in [0.1, 0.15) is 26.3 Å². The molecular formula is C28H20N2O3. The number of aromatic nitrogens is 1. The Balaban J connectivity index is 1.75. The lowest BCUT2D eigenvalue weighted by Gasteiger charge is -2.18. The minimum atomic E-state index is -1.04. The molecule has 0 unspecified atom stereocenters. The van der Waals surface area contributed by atoms with E-state index in [1.54, 1.807) is 30.6 Å². The first kappa shape index (κ1) is 20.4. The third kappa shape index (κ3) is 3.81. The summed E-state index contributed by atoms with van der Waals surface area (Å²) in [5, 5.41) is 16.4. The molecule has 5 nitrogen and oxygen atoms in total. The molecule has 0 saturated heterocycles. The van der Waals surface area contributed by atoms with Gasteiger partial charge in [0.1, 0.15) is 0 Å². The van der Waals surface area contributed by atoms with Crippen LogP contribution in [0.4, 0.5) is 0 Å². The average molecular weight is 432 g/mol. The predicted octanol–water partition coefficient (Wildman–Crippen LogP) is 5.68. The molecule has 1 aromatic heterocycles. The van der Waals surface area contributed by atoms with Crippen LogP contribution in [0.15, 0.2) is 97.3 Å². The van der Waals surface area contributed by atoms with Crippen molar-refractivity contribution in [2.24, 2.45) is 0 Å². The van der Waals surface area contributed by atoms with E-state index in [-0.39, 0.29) is 11.5 Å². The van der Waals surface area contributed by atoms with Gasteiger partial charge >= 0.3 is 5.97 Å². The minimum Gasteiger partial charge on any atom is -0.478 e. The number of hydrogen-bond acceptors (Lipinski definition) is 3. The summed E-state index contributed by atoms with van der Waals surface area (Å²) in [7, 11) is 0. The van der Waals surface area contributed by atoms with Crippen LogP contribution >= 0.6 is 0 Å². The van der Waals surface area contributed by atoms with Gasteiger partial charge in [0.05, 0.1) is 5.56 Å². The van der Waals surface area contributed by atoms with Crippen LogP contribution in [0.25, 0.3) is 32.7 Å². The van der Waals surface area contributed by atoms with Gasteiger partial charge in [0.15, 0.2) is 0 Å². The number of hydrogen-bond donors (Lipinski definition) is 2. The SMILES string of the molecule is O=C(O)c1ccc2ccccc2c1-c1c(C(=O)NCc2cccnc2)ccc2ccccc12. The molecule has 2 N–H and O–H groups in total. The van der Waals surface area contributed by atoms with Crippen molar-refractivity contribution in [3.63, 3.8) is 0 Å². The van der Waals surface area contributed by atoms with Crippen molar-refractivity contribution in [2.75, 3.05) is 0 Å². The Labute approximate surface area is 190 Å². The van der Waals surface area contributed by atoms with Crippen molar-refractivity contribution in [1.82, 2.24) is 10.3 Å². The smallest absolute Gasteiger partial charge is 0.336 e. The molecule has 5 rings (SSSR count). The topological polar surface area (TPSA) is 79.3 Å². The fraction of sp³-hybridized carbons (Fsp3) is 0.0357. The highest BCUT2D eigenvalue weighted by Gasteiger charge is 2.22. The van der Waals surface area contributed by atoms with Crippen molar-refractivity contribution in [3.8, 4) is 11.1 Å². The maximum Gasteiger partial charge on any atom is 0.336 e. The number of carboxylic acids is 1. The summed E-state index contributed by atoms with van der Waals surface area (Å²) in [5.74, 6) is -1.31. The third-order valence-electron chi connectivity index (χ3n) is 5.76. The molecule has 0 bridgehead atoms. The molecule has 0 radical (unpaired) electrons. The Hall–Kier alpha value is -4.51. The first-order valence-electron chi connectivity index (χ1n) is 10.6. The molecule has 0 spiro atoms. The first-order chi connectivity index (χ1) is 16.1. The summed E-state index contributed by atoms with van der Waals surface area (Å²) < 4.78 is 0. The highest BCUT2D eigenvalue weighted by Crippen LogP contribution is 2.39. The second-order valence-corrected chi connectivity index (χ2v) is 7.77. The van der Waals surface area contributed by atoms with Crippen molar-refractivity contribution in [3.05, 3.63) is 114 Å². The number of rotatable bonds is 5. The van der Waals surface area contributed by atoms with Crippen LogP contribution in [0.5, 0.6) is 0 Å². The molecule has 5 heteroatoms. The molecule has 1 heterocycles. The van der Waals surface area contributed by atoms with Crippen LogP contribution in [0.2, 0.25) is 0 Å².